The summed E-state index contributed by atoms with van der Waals surface area (Å²) in [6.07, 6.45) is 0.901. The van der Waals surface area contributed by atoms with E-state index in [0.717, 1.165) is 66.0 Å². The zero-order valence-corrected chi connectivity index (χ0v) is 17.9. The van der Waals surface area contributed by atoms with E-state index in [-0.39, 0.29) is 0 Å². The largest absolute Gasteiger partial charge is 0.323 e. The van der Waals surface area contributed by atoms with E-state index in [4.69, 9.17) is 9.97 Å². The molecule has 2 aromatic carbocycles. The Labute approximate surface area is 182 Å². The van der Waals surface area contributed by atoms with E-state index in [1.165, 1.54) is 11.1 Å². The number of anilines is 2. The molecule has 3 heterocycles. The molecule has 0 unspecified atom stereocenters. The molecule has 0 spiro atoms. The number of aromatic amines is 1. The van der Waals surface area contributed by atoms with E-state index in [1.54, 1.807) is 0 Å². The summed E-state index contributed by atoms with van der Waals surface area (Å²) in [6, 6.07) is 21.0. The van der Waals surface area contributed by atoms with Gasteiger partial charge in [0.25, 0.3) is 0 Å². The second-order valence-corrected chi connectivity index (χ2v) is 8.19. The van der Waals surface area contributed by atoms with Crippen molar-refractivity contribution in [3.05, 3.63) is 88.7 Å². The summed E-state index contributed by atoms with van der Waals surface area (Å²) in [5.41, 5.74) is 6.85. The van der Waals surface area contributed by atoms with Crippen LogP contribution in [0.25, 0.3) is 11.4 Å². The van der Waals surface area contributed by atoms with Crippen LogP contribution in [0.15, 0.2) is 60.7 Å². The summed E-state index contributed by atoms with van der Waals surface area (Å²) in [4.78, 5) is 12.3. The SMILES string of the molecule is Cc1ccc(-c2nc3c(c(Nc4cc(C)[nH]n4)n2)CN(Cc2ccccc2)CC3)cc1. The van der Waals surface area contributed by atoms with Gasteiger partial charge in [0.2, 0.25) is 0 Å². The maximum Gasteiger partial charge on any atom is 0.161 e. The van der Waals surface area contributed by atoms with Crippen molar-refractivity contribution in [2.75, 3.05) is 11.9 Å². The van der Waals surface area contributed by atoms with Crippen LogP contribution in [0.1, 0.15) is 28.1 Å². The Kier molecular flexibility index (Phi) is 5.22. The number of hydrogen-bond acceptors (Lipinski definition) is 5. The zero-order chi connectivity index (χ0) is 21.2. The molecule has 0 aliphatic carbocycles. The molecule has 6 nitrogen and oxygen atoms in total. The lowest BCUT2D eigenvalue weighted by molar-refractivity contribution is 0.243. The van der Waals surface area contributed by atoms with Crippen LogP contribution < -0.4 is 5.32 Å². The van der Waals surface area contributed by atoms with Gasteiger partial charge in [-0.15, -0.1) is 0 Å². The van der Waals surface area contributed by atoms with Gasteiger partial charge in [0.15, 0.2) is 11.6 Å². The summed E-state index contributed by atoms with van der Waals surface area (Å²) in [6.45, 7) is 6.79. The number of nitrogens with one attached hydrogen (secondary N) is 2. The number of aryl methyl sites for hydroxylation is 2. The molecule has 0 radical (unpaired) electrons. The minimum atomic E-state index is 0.755. The molecule has 156 valence electrons. The Morgan fingerprint density at radius 3 is 2.55 bits per heavy atom. The third kappa shape index (κ3) is 4.34. The van der Waals surface area contributed by atoms with Gasteiger partial charge in [0.1, 0.15) is 5.82 Å². The number of fused-ring (bicyclic) bond motifs is 1. The first-order chi connectivity index (χ1) is 15.1. The first kappa shape index (κ1) is 19.5. The summed E-state index contributed by atoms with van der Waals surface area (Å²) in [7, 11) is 0. The van der Waals surface area contributed by atoms with Crippen LogP contribution in [0.2, 0.25) is 0 Å². The average Bonchev–Trinajstić information content (AvgIpc) is 3.20. The predicted molar refractivity (Wildman–Crippen MR) is 123 cm³/mol. The monoisotopic (exact) mass is 410 g/mol. The molecular formula is C25H26N6. The van der Waals surface area contributed by atoms with Gasteiger partial charge in [-0.25, -0.2) is 9.97 Å². The van der Waals surface area contributed by atoms with Crippen LogP contribution in [0, 0.1) is 13.8 Å². The smallest absolute Gasteiger partial charge is 0.161 e. The molecule has 0 bridgehead atoms. The van der Waals surface area contributed by atoms with E-state index in [9.17, 15) is 0 Å². The maximum atomic E-state index is 4.96. The minimum absolute atomic E-state index is 0.755. The number of hydrogen-bond donors (Lipinski definition) is 2. The van der Waals surface area contributed by atoms with Crippen molar-refractivity contribution in [3.63, 3.8) is 0 Å². The fraction of sp³-hybridized carbons (Fsp3) is 0.240. The standard InChI is InChI=1S/C25H26N6/c1-17-8-10-20(11-9-17)24-26-22-12-13-31(15-19-6-4-3-5-7-19)16-21(22)25(28-24)27-23-14-18(2)29-30-23/h3-11,14H,12-13,15-16H2,1-2H3,(H2,26,27,28,29,30). The maximum absolute atomic E-state index is 4.96. The quantitative estimate of drug-likeness (QED) is 0.495. The molecule has 0 saturated heterocycles. The van der Waals surface area contributed by atoms with Crippen molar-refractivity contribution in [1.82, 2.24) is 25.1 Å². The van der Waals surface area contributed by atoms with Crippen LogP contribution in [0.5, 0.6) is 0 Å². The molecule has 5 rings (SSSR count). The van der Waals surface area contributed by atoms with Crippen LogP contribution in [0.3, 0.4) is 0 Å². The van der Waals surface area contributed by atoms with E-state index in [0.29, 0.717) is 0 Å². The topological polar surface area (TPSA) is 69.7 Å². The second kappa shape index (κ2) is 8.32. The van der Waals surface area contributed by atoms with E-state index >= 15 is 0 Å². The number of nitrogens with zero attached hydrogens (tertiary/aromatic N) is 4. The highest BCUT2D eigenvalue weighted by Crippen LogP contribution is 2.30. The molecule has 2 N–H and O–H groups in total. The molecule has 6 heteroatoms. The van der Waals surface area contributed by atoms with Gasteiger partial charge >= 0.3 is 0 Å². The van der Waals surface area contributed by atoms with E-state index < -0.39 is 0 Å². The van der Waals surface area contributed by atoms with Crippen LogP contribution in [0.4, 0.5) is 11.6 Å². The van der Waals surface area contributed by atoms with E-state index in [1.807, 2.05) is 13.0 Å². The predicted octanol–water partition coefficient (Wildman–Crippen LogP) is 4.79. The molecule has 1 aliphatic heterocycles. The molecule has 4 aromatic rings. The lowest BCUT2D eigenvalue weighted by atomic mass is 10.0. The van der Waals surface area contributed by atoms with Crippen LogP contribution >= 0.6 is 0 Å². The molecule has 2 aromatic heterocycles. The summed E-state index contributed by atoms with van der Waals surface area (Å²) in [5, 5.41) is 10.8. The molecule has 31 heavy (non-hydrogen) atoms. The normalized spacial score (nSPS) is 13.7. The summed E-state index contributed by atoms with van der Waals surface area (Å²) < 4.78 is 0. The molecular weight excluding hydrogens is 384 g/mol. The number of benzene rings is 2. The Balaban J connectivity index is 1.50. The van der Waals surface area contributed by atoms with Gasteiger partial charge in [-0.2, -0.15) is 5.10 Å². The fourth-order valence-corrected chi connectivity index (χ4v) is 3.99. The van der Waals surface area contributed by atoms with Crippen LogP contribution in [-0.2, 0) is 19.5 Å². The lowest BCUT2D eigenvalue weighted by Crippen LogP contribution is -2.31. The fourth-order valence-electron chi connectivity index (χ4n) is 3.99. The highest BCUT2D eigenvalue weighted by molar-refractivity contribution is 5.64. The Morgan fingerprint density at radius 1 is 1.00 bits per heavy atom. The summed E-state index contributed by atoms with van der Waals surface area (Å²) >= 11 is 0. The first-order valence-electron chi connectivity index (χ1n) is 10.7. The molecule has 0 fully saturated rings. The van der Waals surface area contributed by atoms with Crippen molar-refractivity contribution in [2.45, 2.75) is 33.4 Å². The molecule has 0 saturated carbocycles. The van der Waals surface area contributed by atoms with Gasteiger partial charge in [-0.05, 0) is 19.4 Å². The van der Waals surface area contributed by atoms with Gasteiger partial charge in [-0.1, -0.05) is 60.2 Å². The number of aromatic nitrogens is 4. The number of rotatable bonds is 5. The molecule has 0 amide bonds. The highest BCUT2D eigenvalue weighted by atomic mass is 15.2. The van der Waals surface area contributed by atoms with Gasteiger partial charge in [-0.3, -0.25) is 10.00 Å². The van der Waals surface area contributed by atoms with E-state index in [2.05, 4.69) is 81.9 Å². The average molecular weight is 411 g/mol. The van der Waals surface area contributed by atoms with Crippen molar-refractivity contribution in [1.29, 1.82) is 0 Å². The minimum Gasteiger partial charge on any atom is -0.323 e. The third-order valence-corrected chi connectivity index (χ3v) is 5.65. The number of H-pyrrole nitrogens is 1. The van der Waals surface area contributed by atoms with Crippen molar-refractivity contribution >= 4 is 11.6 Å². The lowest BCUT2D eigenvalue weighted by Gasteiger charge is -2.29. The first-order valence-corrected chi connectivity index (χ1v) is 10.7. The second-order valence-electron chi connectivity index (χ2n) is 8.19. The van der Waals surface area contributed by atoms with Crippen molar-refractivity contribution in [3.8, 4) is 11.4 Å². The van der Waals surface area contributed by atoms with Gasteiger partial charge in [0.05, 0.1) is 5.69 Å². The van der Waals surface area contributed by atoms with Gasteiger partial charge in [0, 0.05) is 48.9 Å². The zero-order valence-electron chi connectivity index (χ0n) is 17.9. The summed E-state index contributed by atoms with van der Waals surface area (Å²) in [5.74, 6) is 2.36. The van der Waals surface area contributed by atoms with Gasteiger partial charge < -0.3 is 5.32 Å². The van der Waals surface area contributed by atoms with Crippen LogP contribution in [-0.4, -0.2) is 31.6 Å². The molecule has 1 aliphatic rings. The van der Waals surface area contributed by atoms with Crippen molar-refractivity contribution < 1.29 is 0 Å². The Bertz CT molecular complexity index is 1180. The highest BCUT2D eigenvalue weighted by Gasteiger charge is 2.23. The van der Waals surface area contributed by atoms with Crippen molar-refractivity contribution in [2.24, 2.45) is 0 Å². The Hall–Kier alpha value is -3.51. The third-order valence-electron chi connectivity index (χ3n) is 5.65. The molecule has 0 atom stereocenters. The Morgan fingerprint density at radius 2 is 1.81 bits per heavy atom.